The van der Waals surface area contributed by atoms with Gasteiger partial charge in [-0.25, -0.2) is 9.59 Å². The number of esters is 1. The smallest absolute Gasteiger partial charge is 0.410 e. The lowest BCUT2D eigenvalue weighted by molar-refractivity contribution is -0.149. The summed E-state index contributed by atoms with van der Waals surface area (Å²) in [5.74, 6) is -0.00560. The molecule has 0 radical (unpaired) electrons. The van der Waals surface area contributed by atoms with E-state index in [0.29, 0.717) is 32.1 Å². The van der Waals surface area contributed by atoms with E-state index in [1.54, 1.807) is 0 Å². The van der Waals surface area contributed by atoms with Gasteiger partial charge in [0.05, 0.1) is 13.2 Å². The van der Waals surface area contributed by atoms with Crippen LogP contribution in [0.3, 0.4) is 0 Å². The van der Waals surface area contributed by atoms with Gasteiger partial charge in [0.2, 0.25) is 0 Å². The van der Waals surface area contributed by atoms with Gasteiger partial charge in [0.25, 0.3) is 0 Å². The number of likely N-dealkylation sites (tertiary alicyclic amines) is 1. The Hall–Kier alpha value is -1.26. The molecule has 1 aliphatic heterocycles. The molecule has 0 spiro atoms. The van der Waals surface area contributed by atoms with E-state index < -0.39 is 12.1 Å². The number of ether oxygens (including phenoxy) is 2. The Labute approximate surface area is 115 Å². The molecule has 110 valence electrons. The Morgan fingerprint density at radius 2 is 2.05 bits per heavy atom. The minimum absolute atomic E-state index is 0.301. The number of hydrogen-bond acceptors (Lipinski definition) is 4. The highest BCUT2D eigenvalue weighted by molar-refractivity contribution is 5.82. The molecule has 5 heteroatoms. The lowest BCUT2D eigenvalue weighted by Gasteiger charge is -2.23. The largest absolute Gasteiger partial charge is 0.464 e. The average molecular weight is 271 g/mol. The van der Waals surface area contributed by atoms with E-state index in [1.807, 2.05) is 20.8 Å². The number of rotatable bonds is 6. The molecule has 1 amide bonds. The molecular weight excluding hydrogens is 246 g/mol. The summed E-state index contributed by atoms with van der Waals surface area (Å²) in [6.45, 7) is 7.40. The topological polar surface area (TPSA) is 55.8 Å². The van der Waals surface area contributed by atoms with Crippen LogP contribution in [0.2, 0.25) is 0 Å². The number of carbonyl (C=O) groups is 2. The maximum atomic E-state index is 11.9. The first-order valence-electron chi connectivity index (χ1n) is 7.16. The number of carbonyl (C=O) groups excluding carboxylic acids is 2. The summed E-state index contributed by atoms with van der Waals surface area (Å²) >= 11 is 0. The summed E-state index contributed by atoms with van der Waals surface area (Å²) in [5, 5.41) is 0. The van der Waals surface area contributed by atoms with Gasteiger partial charge in [0.15, 0.2) is 0 Å². The summed E-state index contributed by atoms with van der Waals surface area (Å²) in [6.07, 6.45) is 2.93. The number of unbranched alkanes of at least 4 members (excludes halogenated alkanes) is 1. The molecule has 1 heterocycles. The van der Waals surface area contributed by atoms with Gasteiger partial charge in [-0.15, -0.1) is 0 Å². The van der Waals surface area contributed by atoms with E-state index in [2.05, 4.69) is 0 Å². The van der Waals surface area contributed by atoms with Crippen LogP contribution in [0.15, 0.2) is 0 Å². The van der Waals surface area contributed by atoms with Crippen molar-refractivity contribution in [3.63, 3.8) is 0 Å². The summed E-state index contributed by atoms with van der Waals surface area (Å²) in [5.41, 5.74) is 0. The van der Waals surface area contributed by atoms with Crippen LogP contribution in [0.25, 0.3) is 0 Å². The second-order valence-electron chi connectivity index (χ2n) is 5.34. The van der Waals surface area contributed by atoms with E-state index >= 15 is 0 Å². The molecule has 0 aliphatic carbocycles. The van der Waals surface area contributed by atoms with E-state index in [0.717, 1.165) is 19.3 Å². The quantitative estimate of drug-likeness (QED) is 0.550. The average Bonchev–Trinajstić information content (AvgIpc) is 2.85. The number of hydrogen-bond donors (Lipinski definition) is 0. The molecule has 0 aromatic heterocycles. The molecule has 5 nitrogen and oxygen atoms in total. The van der Waals surface area contributed by atoms with E-state index in [9.17, 15) is 9.59 Å². The molecule has 1 aliphatic rings. The highest BCUT2D eigenvalue weighted by Gasteiger charge is 2.36. The van der Waals surface area contributed by atoms with Gasteiger partial charge >= 0.3 is 12.1 Å². The SMILES string of the molecule is CCCCOC(=O)N1CCCC1C(=O)OCC(C)C. The first-order valence-corrected chi connectivity index (χ1v) is 7.16. The van der Waals surface area contributed by atoms with E-state index in [4.69, 9.17) is 9.47 Å². The molecule has 0 N–H and O–H groups in total. The van der Waals surface area contributed by atoms with Crippen LogP contribution in [0.4, 0.5) is 4.79 Å². The van der Waals surface area contributed by atoms with Gasteiger partial charge in [-0.1, -0.05) is 27.2 Å². The summed E-state index contributed by atoms with van der Waals surface area (Å²) in [7, 11) is 0. The van der Waals surface area contributed by atoms with Crippen molar-refractivity contribution in [1.29, 1.82) is 0 Å². The monoisotopic (exact) mass is 271 g/mol. The van der Waals surface area contributed by atoms with Crippen molar-refractivity contribution in [2.24, 2.45) is 5.92 Å². The second-order valence-corrected chi connectivity index (χ2v) is 5.34. The fourth-order valence-corrected chi connectivity index (χ4v) is 1.96. The first kappa shape index (κ1) is 15.8. The molecule has 19 heavy (non-hydrogen) atoms. The van der Waals surface area contributed by atoms with Gasteiger partial charge in [-0.3, -0.25) is 4.90 Å². The molecule has 0 saturated carbocycles. The Morgan fingerprint density at radius 3 is 2.68 bits per heavy atom. The zero-order chi connectivity index (χ0) is 14.3. The zero-order valence-electron chi connectivity index (χ0n) is 12.2. The maximum Gasteiger partial charge on any atom is 0.410 e. The molecule has 0 bridgehead atoms. The van der Waals surface area contributed by atoms with Crippen molar-refractivity contribution in [2.45, 2.75) is 52.5 Å². The zero-order valence-corrected chi connectivity index (χ0v) is 12.2. The molecule has 0 aromatic carbocycles. The third kappa shape index (κ3) is 5.09. The van der Waals surface area contributed by atoms with Crippen LogP contribution in [-0.4, -0.2) is 42.8 Å². The van der Waals surface area contributed by atoms with E-state index in [1.165, 1.54) is 4.90 Å². The number of nitrogens with zero attached hydrogens (tertiary/aromatic N) is 1. The highest BCUT2D eigenvalue weighted by atomic mass is 16.6. The summed E-state index contributed by atoms with van der Waals surface area (Å²) in [6, 6.07) is -0.465. The molecule has 1 fully saturated rings. The van der Waals surface area contributed by atoms with Crippen molar-refractivity contribution < 1.29 is 19.1 Å². The predicted molar refractivity (Wildman–Crippen MR) is 71.8 cm³/mol. The normalized spacial score (nSPS) is 18.7. The fraction of sp³-hybridized carbons (Fsp3) is 0.857. The van der Waals surface area contributed by atoms with Crippen LogP contribution in [0.1, 0.15) is 46.5 Å². The third-order valence-electron chi connectivity index (χ3n) is 3.04. The molecule has 1 rings (SSSR count). The van der Waals surface area contributed by atoms with Gasteiger partial charge in [-0.2, -0.15) is 0 Å². The number of amides is 1. The minimum Gasteiger partial charge on any atom is -0.464 e. The lowest BCUT2D eigenvalue weighted by Crippen LogP contribution is -2.42. The Morgan fingerprint density at radius 1 is 1.32 bits per heavy atom. The Balaban J connectivity index is 2.44. The van der Waals surface area contributed by atoms with Crippen LogP contribution >= 0.6 is 0 Å². The highest BCUT2D eigenvalue weighted by Crippen LogP contribution is 2.20. The third-order valence-corrected chi connectivity index (χ3v) is 3.04. The van der Waals surface area contributed by atoms with Crippen LogP contribution in [0, 0.1) is 5.92 Å². The fourth-order valence-electron chi connectivity index (χ4n) is 1.96. The first-order chi connectivity index (χ1) is 9.06. The van der Waals surface area contributed by atoms with Gasteiger partial charge in [0.1, 0.15) is 6.04 Å². The van der Waals surface area contributed by atoms with Gasteiger partial charge in [0, 0.05) is 6.54 Å². The van der Waals surface area contributed by atoms with Crippen molar-refractivity contribution in [2.75, 3.05) is 19.8 Å². The van der Waals surface area contributed by atoms with Crippen molar-refractivity contribution in [1.82, 2.24) is 4.90 Å². The van der Waals surface area contributed by atoms with Crippen molar-refractivity contribution in [3.8, 4) is 0 Å². The lowest BCUT2D eigenvalue weighted by atomic mass is 10.2. The Kier molecular flexibility index (Phi) is 6.67. The van der Waals surface area contributed by atoms with Crippen molar-refractivity contribution in [3.05, 3.63) is 0 Å². The van der Waals surface area contributed by atoms with E-state index in [-0.39, 0.29) is 5.97 Å². The maximum absolute atomic E-state index is 11.9. The second kappa shape index (κ2) is 8.02. The predicted octanol–water partition coefficient (Wildman–Crippen LogP) is 2.59. The molecule has 1 unspecified atom stereocenters. The van der Waals surface area contributed by atoms with Crippen molar-refractivity contribution >= 4 is 12.1 Å². The van der Waals surface area contributed by atoms with Gasteiger partial charge in [-0.05, 0) is 25.2 Å². The molecule has 0 aromatic rings. The summed E-state index contributed by atoms with van der Waals surface area (Å²) in [4.78, 5) is 25.3. The van der Waals surface area contributed by atoms with Crippen LogP contribution in [0.5, 0.6) is 0 Å². The van der Waals surface area contributed by atoms with Crippen LogP contribution in [-0.2, 0) is 14.3 Å². The van der Waals surface area contributed by atoms with Crippen LogP contribution < -0.4 is 0 Å². The molecule has 1 atom stereocenters. The Bertz CT molecular complexity index is 304. The standard InChI is InChI=1S/C14H25NO4/c1-4-5-9-18-14(17)15-8-6-7-12(15)13(16)19-10-11(2)3/h11-12H,4-10H2,1-3H3. The minimum atomic E-state index is -0.465. The summed E-state index contributed by atoms with van der Waals surface area (Å²) < 4.78 is 10.4. The molecule has 1 saturated heterocycles. The molecular formula is C14H25NO4. The van der Waals surface area contributed by atoms with Gasteiger partial charge < -0.3 is 9.47 Å².